The van der Waals surface area contributed by atoms with Crippen molar-refractivity contribution in [1.82, 2.24) is 4.98 Å². The quantitative estimate of drug-likeness (QED) is 0.825. The summed E-state index contributed by atoms with van der Waals surface area (Å²) in [7, 11) is -2.87. The monoisotopic (exact) mass is 228 g/mol. The summed E-state index contributed by atoms with van der Waals surface area (Å²) >= 11 is 0. The van der Waals surface area contributed by atoms with E-state index in [-0.39, 0.29) is 11.8 Å². The van der Waals surface area contributed by atoms with Gasteiger partial charge in [0.05, 0.1) is 5.75 Å². The van der Waals surface area contributed by atoms with E-state index in [2.05, 4.69) is 10.3 Å². The number of hydrogen-bond donors (Lipinski definition) is 1. The van der Waals surface area contributed by atoms with Crippen molar-refractivity contribution in [3.63, 3.8) is 0 Å². The van der Waals surface area contributed by atoms with Gasteiger partial charge in [0.2, 0.25) is 0 Å². The maximum Gasteiger partial charge on any atom is 0.147 e. The molecule has 1 rings (SSSR count). The first-order chi connectivity index (χ1) is 6.97. The largest absolute Gasteiger partial charge is 0.368 e. The molecule has 1 N–H and O–H groups in total. The molecule has 1 aromatic heterocycles. The van der Waals surface area contributed by atoms with Crippen LogP contribution in [0.4, 0.5) is 5.82 Å². The summed E-state index contributed by atoms with van der Waals surface area (Å²) in [5.41, 5.74) is 0. The van der Waals surface area contributed by atoms with Gasteiger partial charge in [-0.3, -0.25) is 0 Å². The molecule has 0 aliphatic heterocycles. The van der Waals surface area contributed by atoms with Crippen molar-refractivity contribution in [2.24, 2.45) is 0 Å². The van der Waals surface area contributed by atoms with Crippen molar-refractivity contribution < 1.29 is 8.42 Å². The van der Waals surface area contributed by atoms with Gasteiger partial charge in [-0.15, -0.1) is 0 Å². The smallest absolute Gasteiger partial charge is 0.147 e. The van der Waals surface area contributed by atoms with Gasteiger partial charge in [-0.05, 0) is 25.5 Å². The van der Waals surface area contributed by atoms with E-state index in [4.69, 9.17) is 0 Å². The van der Waals surface area contributed by atoms with Crippen LogP contribution in [0.2, 0.25) is 0 Å². The van der Waals surface area contributed by atoms with Crippen LogP contribution in [0.1, 0.15) is 13.3 Å². The second-order valence-electron chi connectivity index (χ2n) is 3.68. The number of pyridine rings is 1. The summed E-state index contributed by atoms with van der Waals surface area (Å²) in [5, 5.41) is 3.14. The van der Waals surface area contributed by atoms with Crippen LogP contribution >= 0.6 is 0 Å². The highest BCUT2D eigenvalue weighted by Crippen LogP contribution is 2.05. The Labute approximate surface area is 90.7 Å². The van der Waals surface area contributed by atoms with Gasteiger partial charge in [0.15, 0.2) is 0 Å². The van der Waals surface area contributed by atoms with E-state index >= 15 is 0 Å². The first-order valence-corrected chi connectivity index (χ1v) is 6.89. The van der Waals surface area contributed by atoms with E-state index in [0.717, 1.165) is 5.82 Å². The van der Waals surface area contributed by atoms with E-state index in [1.54, 1.807) is 6.20 Å². The Hall–Kier alpha value is -1.10. The molecular weight excluding hydrogens is 212 g/mol. The van der Waals surface area contributed by atoms with E-state index < -0.39 is 9.84 Å². The molecular formula is C10H16N2O2S. The van der Waals surface area contributed by atoms with Crippen molar-refractivity contribution in [3.05, 3.63) is 24.4 Å². The van der Waals surface area contributed by atoms with Gasteiger partial charge in [0.25, 0.3) is 0 Å². The Kier molecular flexibility index (Phi) is 4.08. The molecule has 5 heteroatoms. The first-order valence-electron chi connectivity index (χ1n) is 4.83. The third kappa shape index (κ3) is 5.37. The Morgan fingerprint density at radius 1 is 1.47 bits per heavy atom. The maximum absolute atomic E-state index is 10.9. The Morgan fingerprint density at radius 3 is 2.73 bits per heavy atom. The summed E-state index contributed by atoms with van der Waals surface area (Å²) in [6.45, 7) is 1.94. The maximum atomic E-state index is 10.9. The first kappa shape index (κ1) is 12.0. The number of aromatic nitrogens is 1. The summed E-state index contributed by atoms with van der Waals surface area (Å²) in [6, 6.07) is 5.69. The topological polar surface area (TPSA) is 59.1 Å². The SMILES string of the molecule is CC(CCS(C)(=O)=O)Nc1ccccn1. The second-order valence-corrected chi connectivity index (χ2v) is 5.94. The summed E-state index contributed by atoms with van der Waals surface area (Å²) in [5.74, 6) is 0.979. The van der Waals surface area contributed by atoms with Crippen molar-refractivity contribution >= 4 is 15.7 Å². The Balaban J connectivity index is 2.40. The molecule has 0 bridgehead atoms. The molecule has 0 fully saturated rings. The van der Waals surface area contributed by atoms with Gasteiger partial charge < -0.3 is 5.32 Å². The fraction of sp³-hybridized carbons (Fsp3) is 0.500. The van der Waals surface area contributed by atoms with Crippen molar-refractivity contribution in [3.8, 4) is 0 Å². The number of rotatable bonds is 5. The van der Waals surface area contributed by atoms with Crippen LogP contribution < -0.4 is 5.32 Å². The molecule has 0 spiro atoms. The van der Waals surface area contributed by atoms with Gasteiger partial charge in [-0.2, -0.15) is 0 Å². The summed E-state index contributed by atoms with van der Waals surface area (Å²) in [6.07, 6.45) is 3.54. The molecule has 1 unspecified atom stereocenters. The standard InChI is InChI=1S/C10H16N2O2S/c1-9(6-8-15(2,13)14)12-10-5-3-4-7-11-10/h3-5,7,9H,6,8H2,1-2H3,(H,11,12). The lowest BCUT2D eigenvalue weighted by molar-refractivity contribution is 0.595. The van der Waals surface area contributed by atoms with Gasteiger partial charge >= 0.3 is 0 Å². The summed E-state index contributed by atoms with van der Waals surface area (Å²) < 4.78 is 21.9. The van der Waals surface area contributed by atoms with Crippen LogP contribution in [-0.2, 0) is 9.84 Å². The zero-order chi connectivity index (χ0) is 11.3. The molecule has 0 saturated carbocycles. The fourth-order valence-corrected chi connectivity index (χ4v) is 1.95. The molecule has 1 aromatic rings. The average Bonchev–Trinajstić information content (AvgIpc) is 2.15. The minimum Gasteiger partial charge on any atom is -0.368 e. The fourth-order valence-electron chi connectivity index (χ4n) is 1.16. The van der Waals surface area contributed by atoms with Gasteiger partial charge in [-0.1, -0.05) is 6.07 Å². The molecule has 1 atom stereocenters. The van der Waals surface area contributed by atoms with Gasteiger partial charge in [-0.25, -0.2) is 13.4 Å². The zero-order valence-electron chi connectivity index (χ0n) is 8.97. The van der Waals surface area contributed by atoms with E-state index in [1.165, 1.54) is 6.26 Å². The third-order valence-corrected chi connectivity index (χ3v) is 2.96. The summed E-state index contributed by atoms with van der Waals surface area (Å²) in [4.78, 5) is 4.10. The van der Waals surface area contributed by atoms with Crippen molar-refractivity contribution in [2.45, 2.75) is 19.4 Å². The minimum absolute atomic E-state index is 0.106. The highest BCUT2D eigenvalue weighted by Gasteiger charge is 2.07. The van der Waals surface area contributed by atoms with Crippen LogP contribution in [0.5, 0.6) is 0 Å². The molecule has 1 heterocycles. The highest BCUT2D eigenvalue weighted by molar-refractivity contribution is 7.90. The van der Waals surface area contributed by atoms with Crippen LogP contribution in [0.3, 0.4) is 0 Å². The van der Waals surface area contributed by atoms with E-state index in [1.807, 2.05) is 25.1 Å². The second kappa shape index (κ2) is 5.11. The number of nitrogens with zero attached hydrogens (tertiary/aromatic N) is 1. The van der Waals surface area contributed by atoms with E-state index in [9.17, 15) is 8.42 Å². The third-order valence-electron chi connectivity index (χ3n) is 1.98. The molecule has 0 saturated heterocycles. The van der Waals surface area contributed by atoms with Crippen molar-refractivity contribution in [2.75, 3.05) is 17.3 Å². The lowest BCUT2D eigenvalue weighted by Gasteiger charge is -2.13. The van der Waals surface area contributed by atoms with Crippen LogP contribution in [0.25, 0.3) is 0 Å². The lowest BCUT2D eigenvalue weighted by Crippen LogP contribution is -2.19. The minimum atomic E-state index is -2.87. The van der Waals surface area contributed by atoms with Gasteiger partial charge in [0, 0.05) is 18.5 Å². The number of hydrogen-bond acceptors (Lipinski definition) is 4. The molecule has 84 valence electrons. The average molecular weight is 228 g/mol. The molecule has 0 aliphatic rings. The molecule has 15 heavy (non-hydrogen) atoms. The van der Waals surface area contributed by atoms with E-state index in [0.29, 0.717) is 6.42 Å². The number of anilines is 1. The van der Waals surface area contributed by atoms with Crippen LogP contribution in [0.15, 0.2) is 24.4 Å². The Bertz CT molecular complexity index is 389. The van der Waals surface area contributed by atoms with Crippen molar-refractivity contribution in [1.29, 1.82) is 0 Å². The van der Waals surface area contributed by atoms with Crippen LogP contribution in [0, 0.1) is 0 Å². The highest BCUT2D eigenvalue weighted by atomic mass is 32.2. The van der Waals surface area contributed by atoms with Crippen LogP contribution in [-0.4, -0.2) is 31.5 Å². The lowest BCUT2D eigenvalue weighted by atomic mass is 10.2. The zero-order valence-corrected chi connectivity index (χ0v) is 9.79. The molecule has 0 aromatic carbocycles. The van der Waals surface area contributed by atoms with Gasteiger partial charge in [0.1, 0.15) is 15.7 Å². The number of nitrogens with one attached hydrogen (secondary N) is 1. The molecule has 0 aliphatic carbocycles. The molecule has 0 radical (unpaired) electrons. The molecule has 4 nitrogen and oxygen atoms in total. The normalized spacial score (nSPS) is 13.5. The number of sulfone groups is 1. The Morgan fingerprint density at radius 2 is 2.20 bits per heavy atom. The molecule has 0 amide bonds. The predicted octanol–water partition coefficient (Wildman–Crippen LogP) is 1.32. The predicted molar refractivity (Wildman–Crippen MR) is 61.6 cm³/mol.